The van der Waals surface area contributed by atoms with E-state index in [4.69, 9.17) is 5.53 Å². The van der Waals surface area contributed by atoms with Gasteiger partial charge in [-0.3, -0.25) is 4.98 Å². The number of benzene rings is 1. The Morgan fingerprint density at radius 1 is 1.13 bits per heavy atom. The summed E-state index contributed by atoms with van der Waals surface area (Å²) in [5, 5.41) is 3.40. The number of aromatic nitrogens is 2. The Morgan fingerprint density at radius 2 is 1.93 bits per heavy atom. The first kappa shape index (κ1) is 9.18. The molecule has 0 saturated carbocycles. The van der Waals surface area contributed by atoms with Crippen molar-refractivity contribution in [2.45, 2.75) is 0 Å². The fraction of sp³-hybridized carbons (Fsp3) is 0. The third kappa shape index (κ3) is 2.10. The van der Waals surface area contributed by atoms with Gasteiger partial charge in [0.2, 0.25) is 0 Å². The first-order chi connectivity index (χ1) is 7.40. The van der Waals surface area contributed by atoms with E-state index in [1.807, 2.05) is 30.3 Å². The predicted octanol–water partition coefficient (Wildman–Crippen LogP) is 3.09. The first-order valence-corrected chi connectivity index (χ1v) is 4.33. The Labute approximate surface area is 86.1 Å². The summed E-state index contributed by atoms with van der Waals surface area (Å²) >= 11 is 0. The second-order valence-corrected chi connectivity index (χ2v) is 2.82. The Hall–Kier alpha value is -2.39. The summed E-state index contributed by atoms with van der Waals surface area (Å²) in [5.74, 6) is 0.277. The molecule has 1 aromatic heterocycles. The summed E-state index contributed by atoms with van der Waals surface area (Å²) in [6.45, 7) is 0. The molecule has 5 heteroatoms. The van der Waals surface area contributed by atoms with Gasteiger partial charge in [-0.25, -0.2) is 4.98 Å². The maximum atomic E-state index is 8.27. The van der Waals surface area contributed by atoms with Crippen molar-refractivity contribution in [3.63, 3.8) is 0 Å². The van der Waals surface area contributed by atoms with Gasteiger partial charge in [0.15, 0.2) is 0 Å². The van der Waals surface area contributed by atoms with Crippen LogP contribution in [0.1, 0.15) is 0 Å². The minimum absolute atomic E-state index is 0.277. The van der Waals surface area contributed by atoms with E-state index >= 15 is 0 Å². The molecule has 0 N–H and O–H groups in total. The predicted molar refractivity (Wildman–Crippen MR) is 56.3 cm³/mol. The second kappa shape index (κ2) is 4.21. The average Bonchev–Trinajstić information content (AvgIpc) is 2.31. The molecule has 0 bridgehead atoms. The minimum atomic E-state index is 0.277. The highest BCUT2D eigenvalue weighted by Crippen LogP contribution is 2.17. The molecule has 1 aromatic carbocycles. The highest BCUT2D eigenvalue weighted by Gasteiger charge is 1.99. The van der Waals surface area contributed by atoms with Gasteiger partial charge >= 0.3 is 0 Å². The fourth-order valence-electron chi connectivity index (χ4n) is 1.20. The highest BCUT2D eigenvalue weighted by molar-refractivity contribution is 5.58. The minimum Gasteiger partial charge on any atom is -0.260 e. The summed E-state index contributed by atoms with van der Waals surface area (Å²) < 4.78 is 0. The lowest BCUT2D eigenvalue weighted by molar-refractivity contribution is 1.17. The summed E-state index contributed by atoms with van der Waals surface area (Å²) in [6.07, 6.45) is 3.05. The van der Waals surface area contributed by atoms with E-state index in [9.17, 15) is 0 Å². The molecular formula is C10H7N5. The molecule has 5 nitrogen and oxygen atoms in total. The van der Waals surface area contributed by atoms with Crippen LogP contribution < -0.4 is 0 Å². The van der Waals surface area contributed by atoms with Crippen molar-refractivity contribution in [2.75, 3.05) is 0 Å². The molecule has 72 valence electrons. The summed E-state index contributed by atoms with van der Waals surface area (Å²) in [4.78, 5) is 10.8. The van der Waals surface area contributed by atoms with Crippen molar-refractivity contribution in [3.05, 3.63) is 53.2 Å². The standard InChI is InChI=1S/C10H7N5/c11-15-14-10-7-12-6-9(13-10)8-4-2-1-3-5-8/h1-7H. The van der Waals surface area contributed by atoms with Crippen LogP contribution in [0.15, 0.2) is 47.8 Å². The van der Waals surface area contributed by atoms with Crippen LogP contribution in [0.25, 0.3) is 21.7 Å². The van der Waals surface area contributed by atoms with E-state index in [2.05, 4.69) is 20.0 Å². The molecule has 0 fully saturated rings. The van der Waals surface area contributed by atoms with Gasteiger partial charge in [0.25, 0.3) is 0 Å². The van der Waals surface area contributed by atoms with Gasteiger partial charge in [-0.15, -0.1) is 0 Å². The largest absolute Gasteiger partial charge is 0.260 e. The lowest BCUT2D eigenvalue weighted by Gasteiger charge is -1.99. The zero-order valence-corrected chi connectivity index (χ0v) is 7.78. The Morgan fingerprint density at radius 3 is 2.67 bits per heavy atom. The Bertz CT molecular complexity index is 502. The van der Waals surface area contributed by atoms with Crippen LogP contribution in [0, 0.1) is 0 Å². The second-order valence-electron chi connectivity index (χ2n) is 2.82. The molecule has 0 aliphatic heterocycles. The molecule has 0 amide bonds. The highest BCUT2D eigenvalue weighted by atomic mass is 15.2. The Balaban J connectivity index is 2.46. The summed E-state index contributed by atoms with van der Waals surface area (Å²) in [7, 11) is 0. The van der Waals surface area contributed by atoms with Crippen molar-refractivity contribution in [1.29, 1.82) is 0 Å². The van der Waals surface area contributed by atoms with E-state index in [1.54, 1.807) is 6.20 Å². The first-order valence-electron chi connectivity index (χ1n) is 4.33. The van der Waals surface area contributed by atoms with Gasteiger partial charge in [-0.1, -0.05) is 30.3 Å². The molecule has 1 heterocycles. The van der Waals surface area contributed by atoms with Crippen LogP contribution in [0.4, 0.5) is 5.82 Å². The molecule has 0 aliphatic carbocycles. The van der Waals surface area contributed by atoms with Crippen molar-refractivity contribution in [3.8, 4) is 11.3 Å². The van der Waals surface area contributed by atoms with Gasteiger partial charge in [-0.2, -0.15) is 0 Å². The van der Waals surface area contributed by atoms with Crippen LogP contribution in [0.5, 0.6) is 0 Å². The molecule has 2 aromatic rings. The van der Waals surface area contributed by atoms with Crippen LogP contribution in [0.2, 0.25) is 0 Å². The summed E-state index contributed by atoms with van der Waals surface area (Å²) in [6, 6.07) is 9.59. The quantitative estimate of drug-likeness (QED) is 0.421. The van der Waals surface area contributed by atoms with Gasteiger partial charge in [-0.05, 0) is 10.6 Å². The van der Waals surface area contributed by atoms with Gasteiger partial charge in [0, 0.05) is 10.5 Å². The third-order valence-electron chi connectivity index (χ3n) is 1.84. The number of rotatable bonds is 2. The number of hydrogen-bond donors (Lipinski definition) is 0. The van der Waals surface area contributed by atoms with E-state index in [0.717, 1.165) is 5.56 Å². The number of azide groups is 1. The van der Waals surface area contributed by atoms with E-state index < -0.39 is 0 Å². The maximum absolute atomic E-state index is 8.27. The monoisotopic (exact) mass is 197 g/mol. The maximum Gasteiger partial charge on any atom is 0.145 e. The zero-order chi connectivity index (χ0) is 10.5. The number of nitrogens with zero attached hydrogens (tertiary/aromatic N) is 5. The van der Waals surface area contributed by atoms with Crippen LogP contribution in [0.3, 0.4) is 0 Å². The van der Waals surface area contributed by atoms with Gasteiger partial charge in [0.1, 0.15) is 5.82 Å². The number of hydrogen-bond acceptors (Lipinski definition) is 3. The molecule has 0 spiro atoms. The van der Waals surface area contributed by atoms with E-state index in [0.29, 0.717) is 5.69 Å². The molecule has 0 saturated heterocycles. The van der Waals surface area contributed by atoms with Gasteiger partial charge < -0.3 is 0 Å². The zero-order valence-electron chi connectivity index (χ0n) is 7.78. The molecule has 0 aliphatic rings. The molecular weight excluding hydrogens is 190 g/mol. The lowest BCUT2D eigenvalue weighted by atomic mass is 10.2. The summed E-state index contributed by atoms with van der Waals surface area (Å²) in [5.41, 5.74) is 9.91. The van der Waals surface area contributed by atoms with E-state index in [-0.39, 0.29) is 5.82 Å². The fourth-order valence-corrected chi connectivity index (χ4v) is 1.20. The SMILES string of the molecule is [N-]=[N+]=Nc1cncc(-c2ccccc2)n1. The Kier molecular flexibility index (Phi) is 2.58. The third-order valence-corrected chi connectivity index (χ3v) is 1.84. The average molecular weight is 197 g/mol. The van der Waals surface area contributed by atoms with Crippen molar-refractivity contribution >= 4 is 5.82 Å². The van der Waals surface area contributed by atoms with Crippen LogP contribution in [-0.4, -0.2) is 9.97 Å². The molecule has 0 unspecified atom stereocenters. The van der Waals surface area contributed by atoms with E-state index in [1.165, 1.54) is 6.20 Å². The van der Waals surface area contributed by atoms with Crippen LogP contribution >= 0.6 is 0 Å². The van der Waals surface area contributed by atoms with Crippen molar-refractivity contribution < 1.29 is 0 Å². The van der Waals surface area contributed by atoms with Gasteiger partial charge in [0.05, 0.1) is 18.1 Å². The van der Waals surface area contributed by atoms with Crippen molar-refractivity contribution in [1.82, 2.24) is 9.97 Å². The lowest BCUT2D eigenvalue weighted by Crippen LogP contribution is -1.84. The molecule has 0 atom stereocenters. The normalized spacial score (nSPS) is 9.33. The molecule has 2 rings (SSSR count). The van der Waals surface area contributed by atoms with Crippen LogP contribution in [-0.2, 0) is 0 Å². The molecule has 0 radical (unpaired) electrons. The topological polar surface area (TPSA) is 74.5 Å². The molecule has 15 heavy (non-hydrogen) atoms. The smallest absolute Gasteiger partial charge is 0.145 e. The van der Waals surface area contributed by atoms with Crippen molar-refractivity contribution in [2.24, 2.45) is 5.11 Å².